The molecular weight excluding hydrogens is 270 g/mol. The van der Waals surface area contributed by atoms with Crippen LogP contribution in [-0.4, -0.2) is 31.0 Å². The summed E-state index contributed by atoms with van der Waals surface area (Å²) in [5, 5.41) is 3.82. The van der Waals surface area contributed by atoms with Crippen LogP contribution >= 0.6 is 0 Å². The van der Waals surface area contributed by atoms with Crippen molar-refractivity contribution in [2.45, 2.75) is 44.8 Å². The van der Waals surface area contributed by atoms with Crippen molar-refractivity contribution in [2.24, 2.45) is 5.11 Å². The lowest BCUT2D eigenvalue weighted by molar-refractivity contribution is -0.145. The summed E-state index contributed by atoms with van der Waals surface area (Å²) in [6.45, 7) is 6.37. The van der Waals surface area contributed by atoms with Crippen LogP contribution in [0.5, 0.6) is 0 Å². The topological polar surface area (TPSA) is 76.5 Å². The average molecular weight is 290 g/mol. The van der Waals surface area contributed by atoms with Gasteiger partial charge in [0.2, 0.25) is 0 Å². The first-order chi connectivity index (χ1) is 10.3. The van der Waals surface area contributed by atoms with Crippen LogP contribution in [-0.2, 0) is 20.8 Å². The monoisotopic (exact) mass is 290 g/mol. The minimum Gasteiger partial charge on any atom is -0.373 e. The van der Waals surface area contributed by atoms with Crippen molar-refractivity contribution in [3.63, 3.8) is 0 Å². The summed E-state index contributed by atoms with van der Waals surface area (Å²) in [5.41, 5.74) is 9.81. The molecule has 0 bridgehead atoms. The molecule has 4 atom stereocenters. The lowest BCUT2D eigenvalue weighted by atomic mass is 9.98. The molecule has 113 valence electrons. The van der Waals surface area contributed by atoms with E-state index >= 15 is 0 Å². The van der Waals surface area contributed by atoms with Crippen molar-refractivity contribution in [1.29, 1.82) is 0 Å². The fraction of sp³-hybridized carbons (Fsp3) is 0.533. The Morgan fingerprint density at radius 2 is 2.05 bits per heavy atom. The Labute approximate surface area is 124 Å². The van der Waals surface area contributed by atoms with E-state index in [1.54, 1.807) is 6.61 Å². The third kappa shape index (κ3) is 4.19. The Balaban J connectivity index is 2.09. The summed E-state index contributed by atoms with van der Waals surface area (Å²) < 4.78 is 17.1. The molecule has 1 fully saturated rings. The Bertz CT molecular complexity index is 476. The van der Waals surface area contributed by atoms with E-state index in [4.69, 9.17) is 19.7 Å². The SMILES string of the molecule is CCO[C@@H]1[CH]O[C@H](C)[C@@H](N=[N+]=[N-])[C@@H]1OCc1ccccc1. The molecule has 1 aromatic carbocycles. The van der Waals surface area contributed by atoms with Gasteiger partial charge in [-0.15, -0.1) is 0 Å². The van der Waals surface area contributed by atoms with Crippen molar-refractivity contribution in [3.8, 4) is 0 Å². The van der Waals surface area contributed by atoms with Gasteiger partial charge in [0.05, 0.1) is 24.9 Å². The van der Waals surface area contributed by atoms with Gasteiger partial charge in [-0.25, -0.2) is 0 Å². The first kappa shape index (κ1) is 15.8. The molecule has 0 spiro atoms. The molecule has 1 saturated heterocycles. The minimum atomic E-state index is -0.416. The number of benzene rings is 1. The van der Waals surface area contributed by atoms with Crippen LogP contribution in [0.25, 0.3) is 10.4 Å². The predicted molar refractivity (Wildman–Crippen MR) is 78.2 cm³/mol. The van der Waals surface area contributed by atoms with E-state index in [9.17, 15) is 0 Å². The molecule has 1 aliphatic heterocycles. The van der Waals surface area contributed by atoms with Gasteiger partial charge in [-0.3, -0.25) is 0 Å². The van der Waals surface area contributed by atoms with E-state index in [1.165, 1.54) is 0 Å². The molecule has 1 radical (unpaired) electrons. The highest BCUT2D eigenvalue weighted by Gasteiger charge is 2.39. The van der Waals surface area contributed by atoms with Crippen LogP contribution in [0.15, 0.2) is 35.4 Å². The molecule has 6 heteroatoms. The minimum absolute atomic E-state index is 0.238. The second kappa shape index (κ2) is 8.00. The third-order valence-electron chi connectivity index (χ3n) is 3.40. The molecular formula is C15H20N3O3. The number of azide groups is 1. The largest absolute Gasteiger partial charge is 0.373 e. The number of ether oxygens (including phenoxy) is 3. The summed E-state index contributed by atoms with van der Waals surface area (Å²) in [6, 6.07) is 9.44. The van der Waals surface area contributed by atoms with Crippen molar-refractivity contribution < 1.29 is 14.2 Å². The van der Waals surface area contributed by atoms with Crippen LogP contribution in [0, 0.1) is 6.61 Å². The first-order valence-electron chi connectivity index (χ1n) is 7.06. The van der Waals surface area contributed by atoms with Gasteiger partial charge < -0.3 is 14.2 Å². The normalized spacial score (nSPS) is 28.9. The molecule has 1 heterocycles. The Kier molecular flexibility index (Phi) is 6.02. The fourth-order valence-corrected chi connectivity index (χ4v) is 2.33. The Morgan fingerprint density at radius 3 is 2.71 bits per heavy atom. The van der Waals surface area contributed by atoms with Crippen LogP contribution in [0.2, 0.25) is 0 Å². The van der Waals surface area contributed by atoms with Gasteiger partial charge in [-0.1, -0.05) is 35.4 Å². The number of hydrogen-bond acceptors (Lipinski definition) is 4. The fourth-order valence-electron chi connectivity index (χ4n) is 2.33. The van der Waals surface area contributed by atoms with Crippen LogP contribution in [0.3, 0.4) is 0 Å². The van der Waals surface area contributed by atoms with E-state index in [-0.39, 0.29) is 18.3 Å². The molecule has 0 saturated carbocycles. The highest BCUT2D eigenvalue weighted by Crippen LogP contribution is 2.26. The molecule has 0 aliphatic carbocycles. The van der Waals surface area contributed by atoms with Crippen molar-refractivity contribution in [1.82, 2.24) is 0 Å². The molecule has 0 unspecified atom stereocenters. The summed E-state index contributed by atoms with van der Waals surface area (Å²) in [4.78, 5) is 2.91. The second-order valence-corrected chi connectivity index (χ2v) is 4.85. The Hall–Kier alpha value is -1.59. The van der Waals surface area contributed by atoms with Crippen molar-refractivity contribution >= 4 is 0 Å². The van der Waals surface area contributed by atoms with E-state index < -0.39 is 6.04 Å². The number of rotatable bonds is 6. The molecule has 21 heavy (non-hydrogen) atoms. The lowest BCUT2D eigenvalue weighted by Gasteiger charge is -2.38. The van der Waals surface area contributed by atoms with E-state index in [1.807, 2.05) is 44.2 Å². The molecule has 6 nitrogen and oxygen atoms in total. The quantitative estimate of drug-likeness (QED) is 0.458. The maximum absolute atomic E-state index is 8.75. The summed E-state index contributed by atoms with van der Waals surface area (Å²) >= 11 is 0. The maximum Gasteiger partial charge on any atom is 0.115 e. The van der Waals surface area contributed by atoms with Gasteiger partial charge in [0, 0.05) is 11.5 Å². The molecule has 0 aromatic heterocycles. The van der Waals surface area contributed by atoms with Gasteiger partial charge in [0.25, 0.3) is 0 Å². The average Bonchev–Trinajstić information content (AvgIpc) is 2.51. The zero-order chi connectivity index (χ0) is 15.1. The van der Waals surface area contributed by atoms with Gasteiger partial charge in [-0.2, -0.15) is 0 Å². The van der Waals surface area contributed by atoms with Gasteiger partial charge in [0.15, 0.2) is 0 Å². The third-order valence-corrected chi connectivity index (χ3v) is 3.40. The maximum atomic E-state index is 8.75. The highest BCUT2D eigenvalue weighted by molar-refractivity contribution is 5.13. The Morgan fingerprint density at radius 1 is 1.29 bits per heavy atom. The molecule has 0 N–H and O–H groups in total. The van der Waals surface area contributed by atoms with Gasteiger partial charge in [-0.05, 0) is 24.9 Å². The highest BCUT2D eigenvalue weighted by atomic mass is 16.6. The van der Waals surface area contributed by atoms with E-state index in [2.05, 4.69) is 10.0 Å². The van der Waals surface area contributed by atoms with Gasteiger partial charge >= 0.3 is 0 Å². The lowest BCUT2D eigenvalue weighted by Crippen LogP contribution is -2.51. The van der Waals surface area contributed by atoms with Crippen LogP contribution in [0.4, 0.5) is 0 Å². The predicted octanol–water partition coefficient (Wildman–Crippen LogP) is 3.24. The summed E-state index contributed by atoms with van der Waals surface area (Å²) in [7, 11) is 0. The zero-order valence-corrected chi connectivity index (χ0v) is 12.3. The second-order valence-electron chi connectivity index (χ2n) is 4.85. The first-order valence-corrected chi connectivity index (χ1v) is 7.06. The standard InChI is InChI=1S/C15H20N3O3/c1-3-19-13-10-20-11(2)14(17-18-16)15(13)21-9-12-7-5-4-6-8-12/h4-8,10-11,13-15H,3,9H2,1-2H3/t11-,13-,14-,15-/m1/s1. The molecule has 1 aliphatic rings. The van der Waals surface area contributed by atoms with E-state index in [0.717, 1.165) is 5.56 Å². The number of nitrogens with zero attached hydrogens (tertiary/aromatic N) is 3. The summed E-state index contributed by atoms with van der Waals surface area (Å²) in [5.74, 6) is 0. The summed E-state index contributed by atoms with van der Waals surface area (Å²) in [6.07, 6.45) is -0.936. The zero-order valence-electron chi connectivity index (χ0n) is 12.3. The molecule has 2 rings (SSSR count). The van der Waals surface area contributed by atoms with Crippen LogP contribution in [0.1, 0.15) is 19.4 Å². The van der Waals surface area contributed by atoms with E-state index in [0.29, 0.717) is 13.2 Å². The number of hydrogen-bond donors (Lipinski definition) is 0. The van der Waals surface area contributed by atoms with Crippen molar-refractivity contribution in [2.75, 3.05) is 6.61 Å². The van der Waals surface area contributed by atoms with Crippen molar-refractivity contribution in [3.05, 3.63) is 52.9 Å². The van der Waals surface area contributed by atoms with Crippen LogP contribution < -0.4 is 0 Å². The molecule has 0 amide bonds. The molecule has 1 aromatic rings. The smallest absolute Gasteiger partial charge is 0.115 e. The van der Waals surface area contributed by atoms with Gasteiger partial charge in [0.1, 0.15) is 12.7 Å².